The minimum atomic E-state index is -0.471. The van der Waals surface area contributed by atoms with Gasteiger partial charge in [-0.2, -0.15) is 5.10 Å². The van der Waals surface area contributed by atoms with E-state index >= 15 is 0 Å². The highest BCUT2D eigenvalue weighted by atomic mass is 35.5. The standard InChI is InChI=1S/C24H25ClFN3O3/c25-20-4-2-1-3-19(20)22-15-21(17-5-7-18(26)8-6-17)27-29(22)23(30)16-28-11-9-24(10-12-28)31-13-14-32-24/h1-8,22H,9-16H2. The molecule has 3 aliphatic heterocycles. The highest BCUT2D eigenvalue weighted by Gasteiger charge is 2.41. The van der Waals surface area contributed by atoms with E-state index in [0.717, 1.165) is 42.8 Å². The number of halogens is 2. The number of amides is 1. The predicted octanol–water partition coefficient (Wildman–Crippen LogP) is 4.00. The number of carbonyl (C=O) groups is 1. The lowest BCUT2D eigenvalue weighted by molar-refractivity contribution is -0.186. The Kier molecular flexibility index (Phi) is 5.99. The van der Waals surface area contributed by atoms with E-state index in [9.17, 15) is 9.18 Å². The third-order valence-electron chi connectivity index (χ3n) is 6.40. The zero-order valence-electron chi connectivity index (χ0n) is 17.7. The average molecular weight is 458 g/mol. The van der Waals surface area contributed by atoms with Gasteiger partial charge >= 0.3 is 0 Å². The van der Waals surface area contributed by atoms with Crippen LogP contribution in [0.5, 0.6) is 0 Å². The molecule has 3 aliphatic rings. The fourth-order valence-electron chi connectivity index (χ4n) is 4.65. The van der Waals surface area contributed by atoms with Crippen molar-refractivity contribution in [1.29, 1.82) is 0 Å². The molecule has 1 atom stereocenters. The van der Waals surface area contributed by atoms with E-state index in [1.165, 1.54) is 12.1 Å². The maximum Gasteiger partial charge on any atom is 0.257 e. The number of likely N-dealkylation sites (tertiary alicyclic amines) is 1. The number of carbonyl (C=O) groups excluding carboxylic acids is 1. The molecular formula is C24H25ClFN3O3. The number of hydrogen-bond donors (Lipinski definition) is 0. The second-order valence-corrected chi connectivity index (χ2v) is 8.82. The van der Waals surface area contributed by atoms with E-state index in [4.69, 9.17) is 21.1 Å². The zero-order valence-corrected chi connectivity index (χ0v) is 18.4. The lowest BCUT2D eigenvalue weighted by atomic mass is 9.98. The molecule has 168 valence electrons. The molecule has 1 spiro atoms. The summed E-state index contributed by atoms with van der Waals surface area (Å²) in [6.07, 6.45) is 2.02. The van der Waals surface area contributed by atoms with E-state index < -0.39 is 5.79 Å². The monoisotopic (exact) mass is 457 g/mol. The van der Waals surface area contributed by atoms with Gasteiger partial charge in [0.25, 0.3) is 5.91 Å². The van der Waals surface area contributed by atoms with Gasteiger partial charge in [-0.05, 0) is 29.3 Å². The molecule has 0 radical (unpaired) electrons. The maximum absolute atomic E-state index is 13.4. The number of ether oxygens (including phenoxy) is 2. The van der Waals surface area contributed by atoms with Crippen LogP contribution in [-0.2, 0) is 14.3 Å². The third kappa shape index (κ3) is 4.30. The molecule has 0 aliphatic carbocycles. The minimum absolute atomic E-state index is 0.0868. The van der Waals surface area contributed by atoms with Crippen LogP contribution in [0, 0.1) is 5.82 Å². The van der Waals surface area contributed by atoms with E-state index in [-0.39, 0.29) is 24.3 Å². The molecule has 1 unspecified atom stereocenters. The fourth-order valence-corrected chi connectivity index (χ4v) is 4.91. The van der Waals surface area contributed by atoms with E-state index in [1.54, 1.807) is 17.1 Å². The molecule has 2 aromatic carbocycles. The van der Waals surface area contributed by atoms with Crippen molar-refractivity contribution in [3.8, 4) is 0 Å². The summed E-state index contributed by atoms with van der Waals surface area (Å²) in [6, 6.07) is 13.4. The number of benzene rings is 2. The molecule has 2 fully saturated rings. The Bertz CT molecular complexity index is 1010. The second kappa shape index (κ2) is 8.90. The first-order valence-electron chi connectivity index (χ1n) is 10.9. The SMILES string of the molecule is O=C(CN1CCC2(CC1)OCCO2)N1N=C(c2ccc(F)cc2)CC1c1ccccc1Cl. The van der Waals surface area contributed by atoms with E-state index in [1.807, 2.05) is 24.3 Å². The minimum Gasteiger partial charge on any atom is -0.347 e. The van der Waals surface area contributed by atoms with Crippen molar-refractivity contribution in [2.45, 2.75) is 31.1 Å². The van der Waals surface area contributed by atoms with E-state index in [0.29, 0.717) is 24.7 Å². The van der Waals surface area contributed by atoms with Gasteiger partial charge in [0.2, 0.25) is 0 Å². The van der Waals surface area contributed by atoms with E-state index in [2.05, 4.69) is 10.0 Å². The number of piperidine rings is 1. The first-order chi connectivity index (χ1) is 15.5. The topological polar surface area (TPSA) is 54.4 Å². The Morgan fingerprint density at radius 3 is 2.47 bits per heavy atom. The van der Waals surface area contributed by atoms with Crippen molar-refractivity contribution < 1.29 is 18.7 Å². The smallest absolute Gasteiger partial charge is 0.257 e. The van der Waals surface area contributed by atoms with Gasteiger partial charge < -0.3 is 9.47 Å². The summed E-state index contributed by atoms with van der Waals surface area (Å²) in [5.41, 5.74) is 2.40. The largest absolute Gasteiger partial charge is 0.347 e. The summed E-state index contributed by atoms with van der Waals surface area (Å²) < 4.78 is 25.0. The predicted molar refractivity (Wildman–Crippen MR) is 119 cm³/mol. The highest BCUT2D eigenvalue weighted by Crippen LogP contribution is 2.37. The van der Waals surface area contributed by atoms with Gasteiger partial charge in [0.15, 0.2) is 5.79 Å². The van der Waals surface area contributed by atoms with Gasteiger partial charge in [-0.1, -0.05) is 41.9 Å². The van der Waals surface area contributed by atoms with Crippen molar-refractivity contribution in [3.63, 3.8) is 0 Å². The normalized spacial score (nSPS) is 23.0. The highest BCUT2D eigenvalue weighted by molar-refractivity contribution is 6.31. The number of hydrazone groups is 1. The van der Waals surface area contributed by atoms with Gasteiger partial charge in [0, 0.05) is 37.4 Å². The lowest BCUT2D eigenvalue weighted by Crippen LogP contribution is -2.48. The molecule has 2 saturated heterocycles. The van der Waals surface area contributed by atoms with Crippen LogP contribution in [0.3, 0.4) is 0 Å². The van der Waals surface area contributed by atoms with Crippen LogP contribution in [0.25, 0.3) is 0 Å². The molecule has 5 rings (SSSR count). The summed E-state index contributed by atoms with van der Waals surface area (Å²) in [5, 5.41) is 6.81. The molecule has 1 amide bonds. The van der Waals surface area contributed by atoms with Gasteiger partial charge in [-0.15, -0.1) is 0 Å². The molecule has 32 heavy (non-hydrogen) atoms. The summed E-state index contributed by atoms with van der Waals surface area (Å²) in [4.78, 5) is 15.5. The van der Waals surface area contributed by atoms with Crippen molar-refractivity contribution >= 4 is 23.2 Å². The van der Waals surface area contributed by atoms with Crippen LogP contribution < -0.4 is 0 Å². The quantitative estimate of drug-likeness (QED) is 0.696. The van der Waals surface area contributed by atoms with Crippen molar-refractivity contribution in [3.05, 3.63) is 70.5 Å². The summed E-state index contributed by atoms with van der Waals surface area (Å²) in [5.74, 6) is -0.862. The van der Waals surface area contributed by atoms with Gasteiger partial charge in [-0.3, -0.25) is 9.69 Å². The van der Waals surface area contributed by atoms with Gasteiger partial charge in [-0.25, -0.2) is 9.40 Å². The molecule has 0 saturated carbocycles. The number of rotatable bonds is 4. The zero-order chi connectivity index (χ0) is 22.1. The molecule has 0 bridgehead atoms. The third-order valence-corrected chi connectivity index (χ3v) is 6.74. The molecule has 0 N–H and O–H groups in total. The molecule has 6 nitrogen and oxygen atoms in total. The first-order valence-corrected chi connectivity index (χ1v) is 11.3. The van der Waals surface area contributed by atoms with Crippen LogP contribution >= 0.6 is 11.6 Å². The molecule has 0 aromatic heterocycles. The summed E-state index contributed by atoms with van der Waals surface area (Å²) in [7, 11) is 0. The maximum atomic E-state index is 13.4. The Morgan fingerprint density at radius 2 is 1.78 bits per heavy atom. The Morgan fingerprint density at radius 1 is 1.09 bits per heavy atom. The second-order valence-electron chi connectivity index (χ2n) is 8.42. The fraction of sp³-hybridized carbons (Fsp3) is 0.417. The molecule has 8 heteroatoms. The Labute approximate surface area is 191 Å². The first kappa shape index (κ1) is 21.5. The summed E-state index contributed by atoms with van der Waals surface area (Å²) in [6.45, 7) is 2.98. The molecule has 3 heterocycles. The molecule has 2 aromatic rings. The van der Waals surface area contributed by atoms with Crippen LogP contribution in [0.2, 0.25) is 5.02 Å². The van der Waals surface area contributed by atoms with Gasteiger partial charge in [0.1, 0.15) is 5.82 Å². The lowest BCUT2D eigenvalue weighted by Gasteiger charge is -2.37. The van der Waals surface area contributed by atoms with Gasteiger partial charge in [0.05, 0.1) is 31.5 Å². The van der Waals surface area contributed by atoms with Crippen molar-refractivity contribution in [1.82, 2.24) is 9.91 Å². The number of nitrogens with zero attached hydrogens (tertiary/aromatic N) is 3. The van der Waals surface area contributed by atoms with Crippen LogP contribution in [0.15, 0.2) is 53.6 Å². The van der Waals surface area contributed by atoms with Crippen molar-refractivity contribution in [2.75, 3.05) is 32.8 Å². The van der Waals surface area contributed by atoms with Crippen molar-refractivity contribution in [2.24, 2.45) is 5.10 Å². The molecular weight excluding hydrogens is 433 g/mol. The average Bonchev–Trinajstić information content (AvgIpc) is 3.44. The Balaban J connectivity index is 1.35. The Hall–Kier alpha value is -2.32. The van der Waals surface area contributed by atoms with Crippen LogP contribution in [0.1, 0.15) is 36.4 Å². The number of hydrogen-bond acceptors (Lipinski definition) is 5. The summed E-state index contributed by atoms with van der Waals surface area (Å²) >= 11 is 6.47. The van der Waals surface area contributed by atoms with Crippen LogP contribution in [0.4, 0.5) is 4.39 Å². The van der Waals surface area contributed by atoms with Crippen LogP contribution in [-0.4, -0.2) is 60.2 Å².